The molecule has 1 aromatic carbocycles. The van der Waals surface area contributed by atoms with Crippen LogP contribution in [0.1, 0.15) is 16.1 Å². The highest BCUT2D eigenvalue weighted by molar-refractivity contribution is 9.10. The van der Waals surface area contributed by atoms with Crippen molar-refractivity contribution in [1.82, 2.24) is 9.55 Å². The van der Waals surface area contributed by atoms with Crippen molar-refractivity contribution in [2.75, 3.05) is 0 Å². The fraction of sp³-hybridized carbons (Fsp3) is 0.0526. The Morgan fingerprint density at radius 2 is 2.00 bits per heavy atom. The van der Waals surface area contributed by atoms with Crippen LogP contribution < -0.4 is 0 Å². The molecule has 124 valence electrons. The summed E-state index contributed by atoms with van der Waals surface area (Å²) in [4.78, 5) is 15.7. The predicted octanol–water partition coefficient (Wildman–Crippen LogP) is 5.27. The summed E-state index contributed by atoms with van der Waals surface area (Å²) in [5, 5.41) is 11.5. The Hall–Kier alpha value is -2.44. The Balaban J connectivity index is 1.71. The van der Waals surface area contributed by atoms with Crippen LogP contribution in [0.2, 0.25) is 0 Å². The third-order valence-corrected chi connectivity index (χ3v) is 5.91. The van der Waals surface area contributed by atoms with E-state index in [1.54, 1.807) is 12.3 Å². The Morgan fingerprint density at radius 3 is 2.68 bits per heavy atom. The van der Waals surface area contributed by atoms with Gasteiger partial charge in [-0.3, -0.25) is 4.98 Å². The van der Waals surface area contributed by atoms with Gasteiger partial charge in [-0.05, 0) is 44.8 Å². The summed E-state index contributed by atoms with van der Waals surface area (Å²) in [6, 6.07) is 13.8. The molecule has 0 fully saturated rings. The first-order valence-electron chi connectivity index (χ1n) is 7.62. The van der Waals surface area contributed by atoms with Crippen molar-refractivity contribution in [1.29, 1.82) is 0 Å². The fourth-order valence-electron chi connectivity index (χ4n) is 2.89. The molecule has 6 heteroatoms. The Labute approximate surface area is 156 Å². The minimum absolute atomic E-state index is 0.305. The van der Waals surface area contributed by atoms with Gasteiger partial charge in [-0.1, -0.05) is 30.3 Å². The number of thiophene rings is 1. The number of hydrogen-bond donors (Lipinski definition) is 1. The molecule has 0 atom stereocenters. The topological polar surface area (TPSA) is 55.1 Å². The summed E-state index contributed by atoms with van der Waals surface area (Å²) in [6.45, 7) is 0.508. The zero-order valence-corrected chi connectivity index (χ0v) is 15.4. The zero-order chi connectivity index (χ0) is 17.4. The molecule has 4 aromatic rings. The molecule has 4 nitrogen and oxygen atoms in total. The number of carboxylic acid groups (broad SMARTS) is 1. The largest absolute Gasteiger partial charge is 0.477 e. The lowest BCUT2D eigenvalue weighted by Crippen LogP contribution is -2.09. The summed E-state index contributed by atoms with van der Waals surface area (Å²) in [5.41, 5.74) is 4.43. The molecule has 3 aromatic heterocycles. The second kappa shape index (κ2) is 6.46. The second-order valence-electron chi connectivity index (χ2n) is 5.66. The lowest BCUT2D eigenvalue weighted by molar-refractivity contribution is 0.0686. The Kier molecular flexibility index (Phi) is 4.15. The van der Waals surface area contributed by atoms with Crippen LogP contribution in [0.4, 0.5) is 0 Å². The highest BCUT2D eigenvalue weighted by Crippen LogP contribution is 2.34. The molecule has 0 radical (unpaired) electrons. The lowest BCUT2D eigenvalue weighted by Gasteiger charge is -2.09. The van der Waals surface area contributed by atoms with E-state index in [1.165, 1.54) is 11.3 Å². The van der Waals surface area contributed by atoms with Gasteiger partial charge in [-0.2, -0.15) is 0 Å². The molecule has 0 aliphatic carbocycles. The fourth-order valence-corrected chi connectivity index (χ4v) is 4.58. The van der Waals surface area contributed by atoms with Crippen LogP contribution >= 0.6 is 27.3 Å². The maximum absolute atomic E-state index is 11.6. The molecular weight excluding hydrogens is 400 g/mol. The number of benzene rings is 1. The van der Waals surface area contributed by atoms with Crippen molar-refractivity contribution < 1.29 is 9.90 Å². The number of nitrogens with zero attached hydrogens (tertiary/aromatic N) is 2. The van der Waals surface area contributed by atoms with E-state index in [0.717, 1.165) is 31.4 Å². The van der Waals surface area contributed by atoms with Crippen LogP contribution in [-0.2, 0) is 6.54 Å². The SMILES string of the molecule is O=C(O)c1cc2scc(Br)c2n1Cc1ccc(-c2cccnc2)cc1. The van der Waals surface area contributed by atoms with E-state index in [1.807, 2.05) is 52.5 Å². The van der Waals surface area contributed by atoms with Crippen molar-refractivity contribution in [2.24, 2.45) is 0 Å². The molecule has 0 aliphatic rings. The van der Waals surface area contributed by atoms with E-state index in [2.05, 4.69) is 20.9 Å². The van der Waals surface area contributed by atoms with E-state index in [0.29, 0.717) is 12.2 Å². The quantitative estimate of drug-likeness (QED) is 0.496. The summed E-state index contributed by atoms with van der Waals surface area (Å²) >= 11 is 5.06. The van der Waals surface area contributed by atoms with Crippen LogP contribution in [0.15, 0.2) is 64.7 Å². The Morgan fingerprint density at radius 1 is 1.20 bits per heavy atom. The number of aromatic nitrogens is 2. The third kappa shape index (κ3) is 2.99. The second-order valence-corrected chi connectivity index (χ2v) is 7.42. The molecule has 3 heterocycles. The van der Waals surface area contributed by atoms with E-state index in [-0.39, 0.29) is 0 Å². The predicted molar refractivity (Wildman–Crippen MR) is 103 cm³/mol. The molecule has 0 saturated carbocycles. The number of halogens is 1. The number of pyridine rings is 1. The van der Waals surface area contributed by atoms with Gasteiger partial charge < -0.3 is 9.67 Å². The zero-order valence-electron chi connectivity index (χ0n) is 13.0. The van der Waals surface area contributed by atoms with Crippen LogP contribution in [0, 0.1) is 0 Å². The average molecular weight is 413 g/mol. The van der Waals surface area contributed by atoms with Gasteiger partial charge in [0, 0.05) is 24.3 Å². The molecule has 4 rings (SSSR count). The highest BCUT2D eigenvalue weighted by atomic mass is 79.9. The van der Waals surface area contributed by atoms with Gasteiger partial charge in [0.15, 0.2) is 0 Å². The third-order valence-electron chi connectivity index (χ3n) is 4.09. The normalized spacial score (nSPS) is 11.1. The van der Waals surface area contributed by atoms with Crippen LogP contribution in [0.3, 0.4) is 0 Å². The number of carboxylic acids is 1. The molecule has 0 amide bonds. The van der Waals surface area contributed by atoms with Crippen molar-refractivity contribution in [2.45, 2.75) is 6.54 Å². The van der Waals surface area contributed by atoms with Gasteiger partial charge >= 0.3 is 5.97 Å². The summed E-state index contributed by atoms with van der Waals surface area (Å²) < 4.78 is 3.74. The summed E-state index contributed by atoms with van der Waals surface area (Å²) in [6.07, 6.45) is 3.58. The monoisotopic (exact) mass is 412 g/mol. The first-order chi connectivity index (χ1) is 12.1. The van der Waals surface area contributed by atoms with Crippen molar-refractivity contribution in [3.63, 3.8) is 0 Å². The molecule has 1 N–H and O–H groups in total. The number of fused-ring (bicyclic) bond motifs is 1. The van der Waals surface area contributed by atoms with Gasteiger partial charge in [0.05, 0.1) is 14.7 Å². The lowest BCUT2D eigenvalue weighted by atomic mass is 10.1. The summed E-state index contributed by atoms with van der Waals surface area (Å²) in [7, 11) is 0. The summed E-state index contributed by atoms with van der Waals surface area (Å²) in [5.74, 6) is -0.915. The van der Waals surface area contributed by atoms with E-state index >= 15 is 0 Å². The number of rotatable bonds is 4. The molecule has 0 spiro atoms. The number of carbonyl (C=O) groups is 1. The van der Waals surface area contributed by atoms with Crippen LogP contribution in [-0.4, -0.2) is 20.6 Å². The first kappa shape index (κ1) is 16.1. The first-order valence-corrected chi connectivity index (χ1v) is 9.29. The van der Waals surface area contributed by atoms with Crippen molar-refractivity contribution >= 4 is 43.5 Å². The standard InChI is InChI=1S/C19H13BrN2O2S/c20-15-11-25-17-8-16(19(23)24)22(18(15)17)10-12-3-5-13(6-4-12)14-2-1-7-21-9-14/h1-9,11H,10H2,(H,23,24). The molecule has 0 saturated heterocycles. The van der Waals surface area contributed by atoms with Gasteiger partial charge in [-0.15, -0.1) is 11.3 Å². The maximum atomic E-state index is 11.6. The number of hydrogen-bond acceptors (Lipinski definition) is 3. The maximum Gasteiger partial charge on any atom is 0.352 e. The Bertz CT molecular complexity index is 1050. The molecule has 25 heavy (non-hydrogen) atoms. The smallest absolute Gasteiger partial charge is 0.352 e. The van der Waals surface area contributed by atoms with E-state index in [4.69, 9.17) is 0 Å². The van der Waals surface area contributed by atoms with Crippen LogP contribution in [0.5, 0.6) is 0 Å². The molecule has 0 aliphatic heterocycles. The van der Waals surface area contributed by atoms with Gasteiger partial charge in [-0.25, -0.2) is 4.79 Å². The minimum atomic E-state index is -0.915. The highest BCUT2D eigenvalue weighted by Gasteiger charge is 2.18. The van der Waals surface area contributed by atoms with Crippen LogP contribution in [0.25, 0.3) is 21.3 Å². The van der Waals surface area contributed by atoms with E-state index < -0.39 is 5.97 Å². The average Bonchev–Trinajstić information content (AvgIpc) is 3.17. The van der Waals surface area contributed by atoms with Gasteiger partial charge in [0.1, 0.15) is 5.69 Å². The number of aromatic carboxylic acids is 1. The minimum Gasteiger partial charge on any atom is -0.477 e. The molecule has 0 bridgehead atoms. The van der Waals surface area contributed by atoms with Crippen molar-refractivity contribution in [3.8, 4) is 11.1 Å². The molecule has 0 unspecified atom stereocenters. The van der Waals surface area contributed by atoms with Gasteiger partial charge in [0.2, 0.25) is 0 Å². The molecular formula is C19H13BrN2O2S. The van der Waals surface area contributed by atoms with Gasteiger partial charge in [0.25, 0.3) is 0 Å². The van der Waals surface area contributed by atoms with E-state index in [9.17, 15) is 9.90 Å². The van der Waals surface area contributed by atoms with Crippen molar-refractivity contribution in [3.05, 3.63) is 76.0 Å².